The van der Waals surface area contributed by atoms with Crippen LogP contribution in [0.1, 0.15) is 83.1 Å². The van der Waals surface area contributed by atoms with Crippen molar-refractivity contribution in [2.24, 2.45) is 42.1 Å². The number of allylic oxidation sites excluding steroid dienone is 10. The number of rotatable bonds is 5. The first-order valence-electron chi connectivity index (χ1n) is 17.2. The molecule has 2 aliphatic carbocycles. The van der Waals surface area contributed by atoms with Crippen LogP contribution < -0.4 is 0 Å². The fourth-order valence-electron chi connectivity index (χ4n) is 5.74. The van der Waals surface area contributed by atoms with Gasteiger partial charge in [-0.15, -0.1) is 10.2 Å². The number of carbonyl (C=O) groups excluding carboxylic acids is 2. The molecular formula is C42H44Cl6N4O2. The van der Waals surface area contributed by atoms with E-state index in [2.05, 4.69) is 20.5 Å². The van der Waals surface area contributed by atoms with E-state index in [-0.39, 0.29) is 80.3 Å². The van der Waals surface area contributed by atoms with Crippen LogP contribution in [-0.4, -0.2) is 11.6 Å². The number of hydrogen-bond donors (Lipinski definition) is 0. The Morgan fingerprint density at radius 3 is 1.19 bits per heavy atom. The van der Waals surface area contributed by atoms with Crippen LogP contribution in [0.2, 0.25) is 30.1 Å². The standard InChI is InChI=1S/C42H44Cl6N4O2/c1-39(2,3)24-13-21(14-25(37(24)53)40(4,5)6)19-49-51-30-18-28(43)23(17-29(30)44)31-32(45)34(47)36(35(48)33(31)46)52-50-20-22-15-26(41(7,8)9)38(54)27(16-22)42(10,11)12/h13-20H,1-12H3/b51-49+,52-50+. The van der Waals surface area contributed by atoms with Gasteiger partial charge in [-0.25, -0.2) is 0 Å². The summed E-state index contributed by atoms with van der Waals surface area (Å²) >= 11 is 40.4. The summed E-state index contributed by atoms with van der Waals surface area (Å²) in [5.74, 6) is 0.0342. The summed E-state index contributed by atoms with van der Waals surface area (Å²) in [4.78, 5) is 26.6. The molecule has 286 valence electrons. The molecule has 0 amide bonds. The Morgan fingerprint density at radius 1 is 0.481 bits per heavy atom. The topological polar surface area (TPSA) is 83.6 Å². The van der Waals surface area contributed by atoms with Crippen molar-refractivity contribution in [2.75, 3.05) is 0 Å². The molecule has 12 heteroatoms. The fraction of sp³-hybridized carbons (Fsp3) is 0.381. The van der Waals surface area contributed by atoms with E-state index < -0.39 is 0 Å². The van der Waals surface area contributed by atoms with Gasteiger partial charge in [0, 0.05) is 33.4 Å². The lowest BCUT2D eigenvalue weighted by molar-refractivity contribution is -0.114. The Kier molecular flexibility index (Phi) is 13.0. The van der Waals surface area contributed by atoms with Crippen LogP contribution in [0, 0.1) is 21.7 Å². The monoisotopic (exact) mass is 846 g/mol. The SMILES string of the molecule is CC(C)(C)C1=CC(=C/N=N/c2cc(Cl)c(-c3c(Cl)c(Cl)c(/N=N/C=C4C=C(C(C)(C)C)C(=O)C(C(C)(C)C)=C4)c(Cl)c3Cl)cc2Cl)C=C(C(C)(C)C)C1=O. The average molecular weight is 850 g/mol. The Bertz CT molecular complexity index is 2090. The van der Waals surface area contributed by atoms with Crippen LogP contribution in [0.3, 0.4) is 0 Å². The molecule has 0 aromatic heterocycles. The predicted molar refractivity (Wildman–Crippen MR) is 227 cm³/mol. The summed E-state index contributed by atoms with van der Waals surface area (Å²) in [6.45, 7) is 24.0. The molecule has 0 saturated heterocycles. The van der Waals surface area contributed by atoms with Crippen LogP contribution in [-0.2, 0) is 9.59 Å². The molecule has 0 spiro atoms. The first-order valence-corrected chi connectivity index (χ1v) is 19.5. The highest BCUT2D eigenvalue weighted by Gasteiger charge is 2.35. The van der Waals surface area contributed by atoms with Gasteiger partial charge in [0.2, 0.25) is 0 Å². The fourth-order valence-corrected chi connectivity index (χ4v) is 7.32. The van der Waals surface area contributed by atoms with Crippen molar-refractivity contribution in [3.8, 4) is 11.1 Å². The molecule has 0 unspecified atom stereocenters. The normalized spacial score (nSPS) is 16.3. The van der Waals surface area contributed by atoms with E-state index in [0.717, 1.165) is 5.57 Å². The molecule has 0 saturated carbocycles. The van der Waals surface area contributed by atoms with Crippen molar-refractivity contribution in [2.45, 2.75) is 83.1 Å². The number of benzene rings is 2. The van der Waals surface area contributed by atoms with Crippen LogP contribution in [0.4, 0.5) is 11.4 Å². The first kappa shape index (κ1) is 43.9. The minimum Gasteiger partial charge on any atom is -0.289 e. The van der Waals surface area contributed by atoms with Gasteiger partial charge in [0.05, 0.1) is 42.5 Å². The van der Waals surface area contributed by atoms with E-state index in [9.17, 15) is 9.59 Å². The number of hydrogen-bond acceptors (Lipinski definition) is 6. The van der Waals surface area contributed by atoms with Crippen molar-refractivity contribution < 1.29 is 9.59 Å². The molecule has 0 aliphatic heterocycles. The predicted octanol–water partition coefficient (Wildman–Crippen LogP) is 16.3. The molecule has 54 heavy (non-hydrogen) atoms. The Labute approximate surface area is 348 Å². The van der Waals surface area contributed by atoms with E-state index >= 15 is 0 Å². The Balaban J connectivity index is 1.71. The molecule has 6 nitrogen and oxygen atoms in total. The lowest BCUT2D eigenvalue weighted by Crippen LogP contribution is -2.27. The van der Waals surface area contributed by atoms with Gasteiger partial charge in [-0.2, -0.15) is 10.2 Å². The zero-order chi connectivity index (χ0) is 40.9. The second-order valence-corrected chi connectivity index (χ2v) is 19.7. The maximum Gasteiger partial charge on any atom is 0.186 e. The van der Waals surface area contributed by atoms with E-state index in [1.165, 1.54) is 12.3 Å². The van der Waals surface area contributed by atoms with Crippen molar-refractivity contribution >= 4 is 92.5 Å². The lowest BCUT2D eigenvalue weighted by atomic mass is 9.72. The largest absolute Gasteiger partial charge is 0.289 e. The van der Waals surface area contributed by atoms with Gasteiger partial charge >= 0.3 is 0 Å². The molecule has 0 radical (unpaired) electrons. The van der Waals surface area contributed by atoms with Crippen molar-refractivity contribution in [1.29, 1.82) is 0 Å². The van der Waals surface area contributed by atoms with Gasteiger partial charge < -0.3 is 0 Å². The van der Waals surface area contributed by atoms with E-state index in [0.29, 0.717) is 33.4 Å². The second-order valence-electron chi connectivity index (χ2n) is 17.3. The molecule has 0 bridgehead atoms. The van der Waals surface area contributed by atoms with Crippen LogP contribution >= 0.6 is 69.6 Å². The molecule has 0 N–H and O–H groups in total. The van der Waals surface area contributed by atoms with Gasteiger partial charge in [-0.1, -0.05) is 153 Å². The number of halogens is 6. The average Bonchev–Trinajstić information content (AvgIpc) is 3.02. The summed E-state index contributed by atoms with van der Waals surface area (Å²) in [5, 5.41) is 17.6. The number of azo groups is 2. The van der Waals surface area contributed by atoms with E-state index in [1.54, 1.807) is 12.3 Å². The van der Waals surface area contributed by atoms with Crippen molar-refractivity contribution in [1.82, 2.24) is 0 Å². The zero-order valence-electron chi connectivity index (χ0n) is 32.5. The highest BCUT2D eigenvalue weighted by Crippen LogP contribution is 2.52. The second kappa shape index (κ2) is 16.0. The number of Topliss-reactive ketones (excluding diaryl/α,β-unsaturated/α-hetero) is 2. The summed E-state index contributed by atoms with van der Waals surface area (Å²) < 4.78 is 0. The van der Waals surface area contributed by atoms with Gasteiger partial charge in [0.25, 0.3) is 0 Å². The summed E-state index contributed by atoms with van der Waals surface area (Å²) in [6.07, 6.45) is 10.4. The van der Waals surface area contributed by atoms with Crippen molar-refractivity contribution in [3.63, 3.8) is 0 Å². The van der Waals surface area contributed by atoms with Crippen LogP contribution in [0.5, 0.6) is 0 Å². The van der Waals surface area contributed by atoms with Gasteiger partial charge in [0.1, 0.15) is 11.4 Å². The highest BCUT2D eigenvalue weighted by molar-refractivity contribution is 6.53. The molecule has 2 aromatic rings. The molecular weight excluding hydrogens is 805 g/mol. The molecule has 4 rings (SSSR count). The third-order valence-electron chi connectivity index (χ3n) is 8.74. The van der Waals surface area contributed by atoms with Crippen LogP contribution in [0.25, 0.3) is 11.1 Å². The molecule has 2 aliphatic rings. The quantitative estimate of drug-likeness (QED) is 0.222. The first-order chi connectivity index (χ1) is 24.6. The number of carbonyl (C=O) groups is 2. The maximum atomic E-state index is 13.3. The Morgan fingerprint density at radius 2 is 0.833 bits per heavy atom. The number of ketones is 2. The highest BCUT2D eigenvalue weighted by atomic mass is 35.5. The van der Waals surface area contributed by atoms with E-state index in [1.807, 2.05) is 107 Å². The van der Waals surface area contributed by atoms with Crippen molar-refractivity contribution in [3.05, 3.63) is 112 Å². The smallest absolute Gasteiger partial charge is 0.186 e. The molecule has 0 heterocycles. The molecule has 0 atom stereocenters. The minimum absolute atomic E-state index is 0.00205. The van der Waals surface area contributed by atoms with Gasteiger partial charge in [-0.3, -0.25) is 9.59 Å². The lowest BCUT2D eigenvalue weighted by Gasteiger charge is -2.31. The third-order valence-corrected chi connectivity index (χ3v) is 11.0. The van der Waals surface area contributed by atoms with E-state index in [4.69, 9.17) is 69.6 Å². The minimum atomic E-state index is -0.385. The maximum absolute atomic E-state index is 13.3. The summed E-state index contributed by atoms with van der Waals surface area (Å²) in [5.41, 5.74) is 3.59. The molecule has 2 aromatic carbocycles. The summed E-state index contributed by atoms with van der Waals surface area (Å²) in [6, 6.07) is 3.08. The third kappa shape index (κ3) is 9.57. The Hall–Kier alpha value is -2.84. The summed E-state index contributed by atoms with van der Waals surface area (Å²) in [7, 11) is 0. The van der Waals surface area contributed by atoms with Gasteiger partial charge in [-0.05, 0) is 69.2 Å². The molecule has 0 fully saturated rings. The number of nitrogens with zero attached hydrogens (tertiary/aromatic N) is 4. The van der Waals surface area contributed by atoms with Crippen LogP contribution in [0.15, 0.2) is 103 Å². The zero-order valence-corrected chi connectivity index (χ0v) is 37.0. The van der Waals surface area contributed by atoms with Gasteiger partial charge in [0.15, 0.2) is 11.6 Å².